The van der Waals surface area contributed by atoms with Gasteiger partial charge in [-0.15, -0.1) is 0 Å². The molecule has 1 N–H and O–H groups in total. The van der Waals surface area contributed by atoms with Crippen molar-refractivity contribution in [2.45, 2.75) is 19.4 Å². The zero-order valence-electron chi connectivity index (χ0n) is 10.9. The van der Waals surface area contributed by atoms with E-state index in [2.05, 4.69) is 10.3 Å². The molecule has 0 aromatic carbocycles. The van der Waals surface area contributed by atoms with Crippen molar-refractivity contribution in [3.63, 3.8) is 0 Å². The molecule has 0 spiro atoms. The Balaban J connectivity index is 2.18. The number of nitrogens with zero attached hydrogens (tertiary/aromatic N) is 3. The minimum Gasteiger partial charge on any atom is -0.360 e. The molecule has 0 fully saturated rings. The molecule has 2 heterocycles. The Labute approximate surface area is 119 Å². The summed E-state index contributed by atoms with van der Waals surface area (Å²) in [6, 6.07) is -0.229. The normalized spacial score (nSPS) is 13.5. The first-order chi connectivity index (χ1) is 9.28. The van der Waals surface area contributed by atoms with Gasteiger partial charge in [0.15, 0.2) is 0 Å². The van der Waals surface area contributed by atoms with Crippen molar-refractivity contribution in [2.75, 3.05) is 17.3 Å². The fourth-order valence-corrected chi connectivity index (χ4v) is 3.23. The van der Waals surface area contributed by atoms with Gasteiger partial charge in [0.05, 0.1) is 5.75 Å². The van der Waals surface area contributed by atoms with Crippen LogP contribution in [-0.4, -0.2) is 40.8 Å². The van der Waals surface area contributed by atoms with Gasteiger partial charge in [-0.2, -0.15) is 9.38 Å². The molecule has 2 aromatic rings. The summed E-state index contributed by atoms with van der Waals surface area (Å²) < 4.78 is 23.6. The minimum absolute atomic E-state index is 0.0250. The van der Waals surface area contributed by atoms with Crippen LogP contribution in [0.5, 0.6) is 0 Å². The number of fused-ring (bicyclic) bond motifs is 1. The lowest BCUT2D eigenvalue weighted by Crippen LogP contribution is -2.20. The second-order valence-electron chi connectivity index (χ2n) is 4.56. The van der Waals surface area contributed by atoms with Gasteiger partial charge < -0.3 is 15.4 Å². The maximum atomic E-state index is 11.1. The molecule has 0 saturated carbocycles. The standard InChI is InChI=1S/C10H14N4O4S2/c1-7(3-6-20(2,17)18)11-8-9(14(15)16)13-4-5-19-10(13)12-8/h4-5,7,11H,3,6H2,1-2H3. The molecular formula is C10H14N4O4S2. The van der Waals surface area contributed by atoms with Crippen LogP contribution in [0.3, 0.4) is 0 Å². The molecule has 0 radical (unpaired) electrons. The molecule has 0 aliphatic carbocycles. The molecule has 0 bridgehead atoms. The first-order valence-corrected chi connectivity index (χ1v) is 8.76. The topological polar surface area (TPSA) is 107 Å². The smallest absolute Gasteiger partial charge is 0.360 e. The highest BCUT2D eigenvalue weighted by Gasteiger charge is 2.24. The summed E-state index contributed by atoms with van der Waals surface area (Å²) in [4.78, 5) is 15.3. The number of aromatic nitrogens is 2. The van der Waals surface area contributed by atoms with Crippen molar-refractivity contribution in [3.8, 4) is 0 Å². The van der Waals surface area contributed by atoms with Crippen LogP contribution < -0.4 is 5.32 Å². The van der Waals surface area contributed by atoms with E-state index in [0.29, 0.717) is 11.4 Å². The molecule has 0 aliphatic heterocycles. The molecule has 1 unspecified atom stereocenters. The number of hydrogen-bond donors (Lipinski definition) is 1. The van der Waals surface area contributed by atoms with E-state index < -0.39 is 14.8 Å². The van der Waals surface area contributed by atoms with E-state index in [-0.39, 0.29) is 23.4 Å². The number of rotatable bonds is 6. The highest BCUT2D eigenvalue weighted by Crippen LogP contribution is 2.28. The molecule has 10 heteroatoms. The Morgan fingerprint density at radius 2 is 2.30 bits per heavy atom. The Morgan fingerprint density at radius 1 is 1.60 bits per heavy atom. The quantitative estimate of drug-likeness (QED) is 0.639. The highest BCUT2D eigenvalue weighted by molar-refractivity contribution is 7.90. The van der Waals surface area contributed by atoms with Gasteiger partial charge in [0, 0.05) is 17.7 Å². The van der Waals surface area contributed by atoms with Gasteiger partial charge >= 0.3 is 5.82 Å². The highest BCUT2D eigenvalue weighted by atomic mass is 32.2. The summed E-state index contributed by atoms with van der Waals surface area (Å²) in [5.74, 6) is 0.0623. The van der Waals surface area contributed by atoms with Crippen molar-refractivity contribution < 1.29 is 13.3 Å². The van der Waals surface area contributed by atoms with E-state index in [1.807, 2.05) is 0 Å². The van der Waals surface area contributed by atoms with Crippen LogP contribution in [-0.2, 0) is 9.84 Å². The van der Waals surface area contributed by atoms with Crippen LogP contribution in [0.25, 0.3) is 4.96 Å². The zero-order chi connectivity index (χ0) is 14.9. The summed E-state index contributed by atoms with van der Waals surface area (Å²) in [5.41, 5.74) is 0. The number of sulfone groups is 1. The Morgan fingerprint density at radius 3 is 2.90 bits per heavy atom. The Bertz CT molecular complexity index is 734. The summed E-state index contributed by atoms with van der Waals surface area (Å²) >= 11 is 1.30. The van der Waals surface area contributed by atoms with Crippen LogP contribution in [0, 0.1) is 10.1 Å². The second-order valence-corrected chi connectivity index (χ2v) is 7.69. The SMILES string of the molecule is CC(CCS(C)(=O)=O)Nc1nc2sccn2c1[N+](=O)[O-]. The molecular weight excluding hydrogens is 304 g/mol. The predicted octanol–water partition coefficient (Wildman–Crippen LogP) is 1.54. The van der Waals surface area contributed by atoms with Crippen LogP contribution in [0.4, 0.5) is 11.6 Å². The van der Waals surface area contributed by atoms with Crippen molar-refractivity contribution in [1.82, 2.24) is 9.38 Å². The van der Waals surface area contributed by atoms with E-state index in [0.717, 1.165) is 6.26 Å². The predicted molar refractivity (Wildman–Crippen MR) is 77.1 cm³/mol. The maximum absolute atomic E-state index is 11.1. The Hall–Kier alpha value is -1.68. The summed E-state index contributed by atoms with van der Waals surface area (Å²) in [6.07, 6.45) is 3.10. The second kappa shape index (κ2) is 5.37. The number of hydrogen-bond acceptors (Lipinski definition) is 7. The number of imidazole rings is 1. The molecule has 0 aliphatic rings. The minimum atomic E-state index is -3.05. The number of thiazole rings is 1. The van der Waals surface area contributed by atoms with E-state index in [4.69, 9.17) is 0 Å². The zero-order valence-corrected chi connectivity index (χ0v) is 12.6. The summed E-state index contributed by atoms with van der Waals surface area (Å²) in [7, 11) is -3.05. The number of nitrogens with one attached hydrogen (secondary N) is 1. The summed E-state index contributed by atoms with van der Waals surface area (Å²) in [5, 5.41) is 15.7. The third kappa shape index (κ3) is 3.25. The molecule has 110 valence electrons. The van der Waals surface area contributed by atoms with Gasteiger partial charge in [-0.05, 0) is 18.3 Å². The number of nitro groups is 1. The lowest BCUT2D eigenvalue weighted by atomic mass is 10.2. The lowest BCUT2D eigenvalue weighted by Gasteiger charge is -2.12. The van der Waals surface area contributed by atoms with Crippen molar-refractivity contribution in [2.24, 2.45) is 0 Å². The van der Waals surface area contributed by atoms with Crippen molar-refractivity contribution in [3.05, 3.63) is 21.7 Å². The van der Waals surface area contributed by atoms with Gasteiger partial charge in [0.1, 0.15) is 16.0 Å². The lowest BCUT2D eigenvalue weighted by molar-refractivity contribution is -0.389. The van der Waals surface area contributed by atoms with Crippen LogP contribution in [0.2, 0.25) is 0 Å². The average molecular weight is 318 g/mol. The molecule has 20 heavy (non-hydrogen) atoms. The van der Waals surface area contributed by atoms with Gasteiger partial charge in [-0.3, -0.25) is 0 Å². The molecule has 1 atom stereocenters. The fourth-order valence-electron chi connectivity index (χ4n) is 1.74. The third-order valence-corrected chi connectivity index (χ3v) is 4.45. The summed E-state index contributed by atoms with van der Waals surface area (Å²) in [6.45, 7) is 1.77. The van der Waals surface area contributed by atoms with E-state index >= 15 is 0 Å². The fraction of sp³-hybridized carbons (Fsp3) is 0.500. The maximum Gasteiger partial charge on any atom is 0.372 e. The van der Waals surface area contributed by atoms with E-state index in [1.54, 1.807) is 18.5 Å². The molecule has 0 amide bonds. The van der Waals surface area contributed by atoms with Gasteiger partial charge in [-0.25, -0.2) is 8.42 Å². The van der Waals surface area contributed by atoms with Crippen molar-refractivity contribution >= 4 is 37.8 Å². The van der Waals surface area contributed by atoms with Gasteiger partial charge in [0.2, 0.25) is 5.82 Å². The molecule has 2 rings (SSSR count). The van der Waals surface area contributed by atoms with Crippen LogP contribution in [0.1, 0.15) is 13.3 Å². The third-order valence-electron chi connectivity index (χ3n) is 2.71. The molecule has 2 aromatic heterocycles. The van der Waals surface area contributed by atoms with Crippen molar-refractivity contribution in [1.29, 1.82) is 0 Å². The van der Waals surface area contributed by atoms with Crippen LogP contribution >= 0.6 is 11.3 Å². The average Bonchev–Trinajstić information content (AvgIpc) is 2.84. The molecule has 0 saturated heterocycles. The van der Waals surface area contributed by atoms with E-state index in [9.17, 15) is 18.5 Å². The van der Waals surface area contributed by atoms with Gasteiger partial charge in [0.25, 0.3) is 4.96 Å². The van der Waals surface area contributed by atoms with E-state index in [1.165, 1.54) is 15.7 Å². The number of anilines is 1. The van der Waals surface area contributed by atoms with Gasteiger partial charge in [-0.1, -0.05) is 11.3 Å². The monoisotopic (exact) mass is 318 g/mol. The first kappa shape index (κ1) is 14.7. The first-order valence-electron chi connectivity index (χ1n) is 5.82. The van der Waals surface area contributed by atoms with Crippen LogP contribution in [0.15, 0.2) is 11.6 Å². The Kier molecular flexibility index (Phi) is 3.95. The largest absolute Gasteiger partial charge is 0.372 e. The molecule has 8 nitrogen and oxygen atoms in total.